The van der Waals surface area contributed by atoms with Crippen molar-refractivity contribution in [3.8, 4) is 0 Å². The molecule has 0 saturated carbocycles. The molecule has 19 heavy (non-hydrogen) atoms. The molecule has 0 radical (unpaired) electrons. The van der Waals surface area contributed by atoms with Gasteiger partial charge < -0.3 is 15.6 Å². The molecule has 1 aliphatic rings. The van der Waals surface area contributed by atoms with Crippen molar-refractivity contribution >= 4 is 22.6 Å². The molecule has 2 heterocycles. The molecule has 100 valence electrons. The lowest BCUT2D eigenvalue weighted by Crippen LogP contribution is -2.36. The average molecular weight is 258 g/mol. The Morgan fingerprint density at radius 2 is 2.37 bits per heavy atom. The van der Waals surface area contributed by atoms with Crippen molar-refractivity contribution < 1.29 is 4.79 Å². The molecule has 1 aromatic heterocycles. The zero-order valence-electron chi connectivity index (χ0n) is 11.0. The van der Waals surface area contributed by atoms with Crippen molar-refractivity contribution in [3.05, 3.63) is 24.0 Å². The van der Waals surface area contributed by atoms with Gasteiger partial charge in [-0.3, -0.25) is 4.79 Å². The molecule has 2 aromatic rings. The minimum Gasteiger partial charge on any atom is -0.399 e. The second-order valence-corrected chi connectivity index (χ2v) is 5.00. The standard InChI is InChI=1S/C14H18N4O/c1-2-13-17-11-7-9(15)3-5-12(11)18(13)10-4-6-14(19)16-8-10/h3,5,7,10H,2,4,6,8,15H2,1H3,(H,16,19). The van der Waals surface area contributed by atoms with Crippen LogP contribution in [-0.2, 0) is 11.2 Å². The first-order valence-corrected chi connectivity index (χ1v) is 6.72. The van der Waals surface area contributed by atoms with E-state index >= 15 is 0 Å². The van der Waals surface area contributed by atoms with Gasteiger partial charge in [0.2, 0.25) is 5.91 Å². The van der Waals surface area contributed by atoms with Crippen LogP contribution in [0.4, 0.5) is 5.69 Å². The number of nitrogens with two attached hydrogens (primary N) is 1. The second kappa shape index (κ2) is 4.57. The van der Waals surface area contributed by atoms with E-state index in [4.69, 9.17) is 5.73 Å². The number of nitrogen functional groups attached to an aromatic ring is 1. The summed E-state index contributed by atoms with van der Waals surface area (Å²) in [6.45, 7) is 2.78. The quantitative estimate of drug-likeness (QED) is 0.804. The first kappa shape index (κ1) is 12.0. The number of nitrogens with zero attached hydrogens (tertiary/aromatic N) is 2. The molecular formula is C14H18N4O. The van der Waals surface area contributed by atoms with Crippen molar-refractivity contribution in [2.24, 2.45) is 0 Å². The molecule has 5 heteroatoms. The van der Waals surface area contributed by atoms with Gasteiger partial charge in [-0.2, -0.15) is 0 Å². The summed E-state index contributed by atoms with van der Waals surface area (Å²) in [4.78, 5) is 15.9. The van der Waals surface area contributed by atoms with Crippen LogP contribution in [0.1, 0.15) is 31.6 Å². The zero-order valence-corrected chi connectivity index (χ0v) is 11.0. The summed E-state index contributed by atoms with van der Waals surface area (Å²) < 4.78 is 2.26. The highest BCUT2D eigenvalue weighted by atomic mass is 16.1. The van der Waals surface area contributed by atoms with Gasteiger partial charge in [0.1, 0.15) is 5.82 Å². The van der Waals surface area contributed by atoms with E-state index in [1.54, 1.807) is 0 Å². The third-order valence-corrected chi connectivity index (χ3v) is 3.71. The van der Waals surface area contributed by atoms with Crippen LogP contribution in [-0.4, -0.2) is 22.0 Å². The largest absolute Gasteiger partial charge is 0.399 e. The fourth-order valence-corrected chi connectivity index (χ4v) is 2.76. The van der Waals surface area contributed by atoms with Crippen molar-refractivity contribution in [1.82, 2.24) is 14.9 Å². The van der Waals surface area contributed by atoms with Crippen molar-refractivity contribution in [2.45, 2.75) is 32.2 Å². The Kier molecular flexibility index (Phi) is 2.89. The van der Waals surface area contributed by atoms with Gasteiger partial charge in [0.05, 0.1) is 17.1 Å². The molecule has 0 spiro atoms. The summed E-state index contributed by atoms with van der Waals surface area (Å²) in [7, 11) is 0. The van der Waals surface area contributed by atoms with Gasteiger partial charge in [-0.25, -0.2) is 4.98 Å². The van der Waals surface area contributed by atoms with Gasteiger partial charge >= 0.3 is 0 Å². The number of nitrogens with one attached hydrogen (secondary N) is 1. The fraction of sp³-hybridized carbons (Fsp3) is 0.429. The van der Waals surface area contributed by atoms with E-state index in [2.05, 4.69) is 21.8 Å². The minimum absolute atomic E-state index is 0.142. The maximum atomic E-state index is 11.3. The van der Waals surface area contributed by atoms with E-state index in [1.807, 2.05) is 18.2 Å². The van der Waals surface area contributed by atoms with Crippen molar-refractivity contribution in [1.29, 1.82) is 0 Å². The van der Waals surface area contributed by atoms with Crippen molar-refractivity contribution in [3.63, 3.8) is 0 Å². The highest BCUT2D eigenvalue weighted by molar-refractivity contribution is 5.80. The molecule has 1 atom stereocenters. The number of carbonyl (C=O) groups is 1. The lowest BCUT2D eigenvalue weighted by Gasteiger charge is -2.25. The monoisotopic (exact) mass is 258 g/mol. The number of fused-ring (bicyclic) bond motifs is 1. The van der Waals surface area contributed by atoms with Gasteiger partial charge in [-0.05, 0) is 24.6 Å². The molecule has 1 amide bonds. The molecule has 0 aliphatic carbocycles. The number of anilines is 1. The number of hydrogen-bond donors (Lipinski definition) is 2. The fourth-order valence-electron chi connectivity index (χ4n) is 2.76. The van der Waals surface area contributed by atoms with E-state index in [0.717, 1.165) is 35.4 Å². The predicted octanol–water partition coefficient (Wildman–Crippen LogP) is 1.63. The predicted molar refractivity (Wildman–Crippen MR) is 74.8 cm³/mol. The summed E-state index contributed by atoms with van der Waals surface area (Å²) in [5.74, 6) is 1.20. The Hall–Kier alpha value is -2.04. The number of piperidine rings is 1. The van der Waals surface area contributed by atoms with E-state index in [1.165, 1.54) is 0 Å². The van der Waals surface area contributed by atoms with Crippen LogP contribution in [0.25, 0.3) is 11.0 Å². The number of imidazole rings is 1. The molecule has 1 aromatic carbocycles. The molecule has 3 N–H and O–H groups in total. The molecule has 0 bridgehead atoms. The van der Waals surface area contributed by atoms with Crippen LogP contribution in [0.5, 0.6) is 0 Å². The Balaban J connectivity index is 2.08. The SMILES string of the molecule is CCc1nc2cc(N)ccc2n1C1CCC(=O)NC1. The summed E-state index contributed by atoms with van der Waals surface area (Å²) in [6, 6.07) is 6.13. The maximum absolute atomic E-state index is 11.3. The average Bonchev–Trinajstić information content (AvgIpc) is 2.77. The van der Waals surface area contributed by atoms with Gasteiger partial charge in [-0.15, -0.1) is 0 Å². The normalized spacial score (nSPS) is 19.6. The molecule has 1 unspecified atom stereocenters. The van der Waals surface area contributed by atoms with E-state index < -0.39 is 0 Å². The van der Waals surface area contributed by atoms with Crippen LogP contribution in [0.2, 0.25) is 0 Å². The third-order valence-electron chi connectivity index (χ3n) is 3.71. The molecule has 1 saturated heterocycles. The lowest BCUT2D eigenvalue weighted by atomic mass is 10.1. The Bertz CT molecular complexity index is 622. The summed E-state index contributed by atoms with van der Waals surface area (Å²) in [5.41, 5.74) is 8.59. The number of carbonyl (C=O) groups excluding carboxylic acids is 1. The van der Waals surface area contributed by atoms with Gasteiger partial charge in [-0.1, -0.05) is 6.92 Å². The van der Waals surface area contributed by atoms with Gasteiger partial charge in [0.25, 0.3) is 0 Å². The minimum atomic E-state index is 0.142. The van der Waals surface area contributed by atoms with Crippen LogP contribution in [0.15, 0.2) is 18.2 Å². The second-order valence-electron chi connectivity index (χ2n) is 5.00. The Morgan fingerprint density at radius 1 is 1.53 bits per heavy atom. The van der Waals surface area contributed by atoms with E-state index in [-0.39, 0.29) is 5.91 Å². The van der Waals surface area contributed by atoms with Gasteiger partial charge in [0.15, 0.2) is 0 Å². The number of amides is 1. The van der Waals surface area contributed by atoms with Crippen LogP contribution >= 0.6 is 0 Å². The number of hydrogen-bond acceptors (Lipinski definition) is 3. The Morgan fingerprint density at radius 3 is 3.05 bits per heavy atom. The summed E-state index contributed by atoms with van der Waals surface area (Å²) >= 11 is 0. The Labute approximate surface area is 111 Å². The molecular weight excluding hydrogens is 240 g/mol. The van der Waals surface area contributed by atoms with Crippen molar-refractivity contribution in [2.75, 3.05) is 12.3 Å². The number of aryl methyl sites for hydroxylation is 1. The van der Waals surface area contributed by atoms with E-state index in [9.17, 15) is 4.79 Å². The highest BCUT2D eigenvalue weighted by Gasteiger charge is 2.23. The molecule has 3 rings (SSSR count). The van der Waals surface area contributed by atoms with Crippen LogP contribution in [0, 0.1) is 0 Å². The van der Waals surface area contributed by atoms with E-state index in [0.29, 0.717) is 19.0 Å². The first-order valence-electron chi connectivity index (χ1n) is 6.72. The summed E-state index contributed by atoms with van der Waals surface area (Å²) in [5, 5.41) is 2.94. The van der Waals surface area contributed by atoms with Crippen LogP contribution < -0.4 is 11.1 Å². The zero-order chi connectivity index (χ0) is 13.4. The molecule has 5 nitrogen and oxygen atoms in total. The number of benzene rings is 1. The molecule has 1 aliphatic heterocycles. The third kappa shape index (κ3) is 2.05. The van der Waals surface area contributed by atoms with Crippen LogP contribution in [0.3, 0.4) is 0 Å². The maximum Gasteiger partial charge on any atom is 0.220 e. The van der Waals surface area contributed by atoms with Gasteiger partial charge in [0, 0.05) is 25.1 Å². The number of aromatic nitrogens is 2. The smallest absolute Gasteiger partial charge is 0.220 e. The topological polar surface area (TPSA) is 72.9 Å². The molecule has 1 fully saturated rings. The summed E-state index contributed by atoms with van der Waals surface area (Å²) in [6.07, 6.45) is 2.33. The lowest BCUT2D eigenvalue weighted by molar-refractivity contribution is -0.122. The highest BCUT2D eigenvalue weighted by Crippen LogP contribution is 2.27. The first-order chi connectivity index (χ1) is 9.19. The number of rotatable bonds is 2.